The van der Waals surface area contributed by atoms with Crippen molar-refractivity contribution >= 4 is 44.8 Å². The maximum absolute atomic E-state index is 14.3. The minimum atomic E-state index is -0.324. The van der Waals surface area contributed by atoms with Crippen LogP contribution in [0.4, 0.5) is 10.1 Å². The van der Waals surface area contributed by atoms with Crippen LogP contribution >= 0.6 is 27.5 Å². The number of halogens is 3. The van der Waals surface area contributed by atoms with Crippen molar-refractivity contribution in [3.05, 3.63) is 62.8 Å². The number of anilines is 1. The van der Waals surface area contributed by atoms with E-state index in [-0.39, 0.29) is 5.82 Å². The molecular weight excluding hydrogens is 383 g/mol. The summed E-state index contributed by atoms with van der Waals surface area (Å²) in [6, 6.07) is 10.4. The highest BCUT2D eigenvalue weighted by atomic mass is 79.9. The number of nitrogens with zero attached hydrogens (tertiary/aromatic N) is 3. The molecule has 0 fully saturated rings. The fourth-order valence-corrected chi connectivity index (χ4v) is 3.37. The number of amidine groups is 1. The van der Waals surface area contributed by atoms with Gasteiger partial charge in [0.05, 0.1) is 23.0 Å². The average Bonchev–Trinajstić information content (AvgIpc) is 2.95. The Bertz CT molecular complexity index is 865. The van der Waals surface area contributed by atoms with Crippen molar-refractivity contribution in [2.45, 2.75) is 0 Å². The van der Waals surface area contributed by atoms with Crippen molar-refractivity contribution in [1.82, 2.24) is 5.43 Å². The molecule has 2 aliphatic heterocycles. The van der Waals surface area contributed by atoms with E-state index in [4.69, 9.17) is 11.6 Å². The molecule has 0 amide bonds. The summed E-state index contributed by atoms with van der Waals surface area (Å²) in [5.74, 6) is 0.464. The van der Waals surface area contributed by atoms with Crippen molar-refractivity contribution in [3.8, 4) is 0 Å². The molecule has 2 heterocycles. The van der Waals surface area contributed by atoms with Gasteiger partial charge in [-0.3, -0.25) is 10.4 Å². The SMILES string of the molecule is Fc1ccccc1C1=NCC2=NNCN2c2ccc(Br)c(Cl)c21. The average molecular weight is 394 g/mol. The second-order valence-corrected chi connectivity index (χ2v) is 6.40. The topological polar surface area (TPSA) is 40.0 Å². The van der Waals surface area contributed by atoms with Gasteiger partial charge < -0.3 is 4.90 Å². The smallest absolute Gasteiger partial charge is 0.152 e. The lowest BCUT2D eigenvalue weighted by Crippen LogP contribution is -2.30. The van der Waals surface area contributed by atoms with Gasteiger partial charge in [-0.25, -0.2) is 4.39 Å². The van der Waals surface area contributed by atoms with Gasteiger partial charge in [0.2, 0.25) is 0 Å². The Labute approximate surface area is 145 Å². The lowest BCUT2D eigenvalue weighted by Gasteiger charge is -2.21. The van der Waals surface area contributed by atoms with Gasteiger partial charge in [0.15, 0.2) is 5.84 Å². The zero-order valence-electron chi connectivity index (χ0n) is 11.9. The molecule has 23 heavy (non-hydrogen) atoms. The molecular formula is C16H11BrClFN4. The molecule has 7 heteroatoms. The standard InChI is InChI=1S/C16H11BrClFN4/c17-10-5-6-12-14(15(10)18)16(9-3-1-2-4-11(9)19)20-7-13-22-21-8-23(12)13/h1-6,21H,7-8H2. The highest BCUT2D eigenvalue weighted by Gasteiger charge is 2.29. The number of nitrogens with one attached hydrogen (secondary N) is 1. The Kier molecular flexibility index (Phi) is 3.58. The van der Waals surface area contributed by atoms with E-state index in [1.165, 1.54) is 6.07 Å². The maximum Gasteiger partial charge on any atom is 0.152 e. The van der Waals surface area contributed by atoms with Crippen molar-refractivity contribution in [1.29, 1.82) is 0 Å². The van der Waals surface area contributed by atoms with Crippen LogP contribution in [0, 0.1) is 5.82 Å². The van der Waals surface area contributed by atoms with Gasteiger partial charge >= 0.3 is 0 Å². The normalized spacial score (nSPS) is 16.0. The quantitative estimate of drug-likeness (QED) is 0.801. The summed E-state index contributed by atoms with van der Waals surface area (Å²) in [6.45, 7) is 0.902. The summed E-state index contributed by atoms with van der Waals surface area (Å²) in [7, 11) is 0. The molecule has 2 aliphatic rings. The number of benzene rings is 2. The Morgan fingerprint density at radius 2 is 2.04 bits per heavy atom. The molecule has 2 aromatic rings. The molecule has 116 valence electrons. The number of rotatable bonds is 1. The first kappa shape index (κ1) is 14.7. The number of fused-ring (bicyclic) bond motifs is 3. The van der Waals surface area contributed by atoms with Crippen LogP contribution in [-0.4, -0.2) is 24.8 Å². The highest BCUT2D eigenvalue weighted by Crippen LogP contribution is 2.37. The van der Waals surface area contributed by atoms with Crippen LogP contribution in [-0.2, 0) is 0 Å². The fraction of sp³-hybridized carbons (Fsp3) is 0.125. The first-order chi connectivity index (χ1) is 11.2. The van der Waals surface area contributed by atoms with Crippen LogP contribution in [0.5, 0.6) is 0 Å². The molecule has 4 nitrogen and oxygen atoms in total. The Morgan fingerprint density at radius 3 is 2.87 bits per heavy atom. The van der Waals surface area contributed by atoms with E-state index in [0.717, 1.165) is 16.0 Å². The van der Waals surface area contributed by atoms with E-state index in [2.05, 4.69) is 31.4 Å². The first-order valence-electron chi connectivity index (χ1n) is 7.01. The largest absolute Gasteiger partial charge is 0.307 e. The van der Waals surface area contributed by atoms with E-state index in [1.807, 2.05) is 17.0 Å². The molecule has 0 bridgehead atoms. The van der Waals surface area contributed by atoms with Gasteiger partial charge in [0.25, 0.3) is 0 Å². The molecule has 0 aliphatic carbocycles. The summed E-state index contributed by atoms with van der Waals surface area (Å²) in [5, 5.41) is 4.77. The van der Waals surface area contributed by atoms with E-state index in [9.17, 15) is 4.39 Å². The lowest BCUT2D eigenvalue weighted by molar-refractivity contribution is 0.625. The third-order valence-corrected chi connectivity index (χ3v) is 5.14. The Balaban J connectivity index is 2.01. The Morgan fingerprint density at radius 1 is 1.22 bits per heavy atom. The molecule has 0 saturated heterocycles. The summed E-state index contributed by atoms with van der Waals surface area (Å²) >= 11 is 9.98. The molecule has 0 spiro atoms. The zero-order valence-corrected chi connectivity index (χ0v) is 14.2. The van der Waals surface area contributed by atoms with Gasteiger partial charge in [0, 0.05) is 15.6 Å². The molecule has 0 saturated carbocycles. The molecule has 0 radical (unpaired) electrons. The number of hydrazone groups is 1. The third-order valence-electron chi connectivity index (χ3n) is 3.86. The van der Waals surface area contributed by atoms with Crippen LogP contribution in [0.15, 0.2) is 51.0 Å². The molecule has 0 atom stereocenters. The minimum Gasteiger partial charge on any atom is -0.307 e. The number of hydrogen-bond donors (Lipinski definition) is 1. The number of aliphatic imine (C=N–C) groups is 1. The van der Waals surface area contributed by atoms with Gasteiger partial charge in [-0.1, -0.05) is 23.7 Å². The minimum absolute atomic E-state index is 0.324. The van der Waals surface area contributed by atoms with E-state index in [0.29, 0.717) is 35.1 Å². The van der Waals surface area contributed by atoms with Crippen molar-refractivity contribution in [3.63, 3.8) is 0 Å². The van der Waals surface area contributed by atoms with Crippen molar-refractivity contribution in [2.24, 2.45) is 10.1 Å². The predicted molar refractivity (Wildman–Crippen MR) is 94.0 cm³/mol. The highest BCUT2D eigenvalue weighted by molar-refractivity contribution is 9.10. The molecule has 1 N–H and O–H groups in total. The van der Waals surface area contributed by atoms with Crippen LogP contribution in [0.2, 0.25) is 5.02 Å². The van der Waals surface area contributed by atoms with Gasteiger partial charge in [-0.2, -0.15) is 5.10 Å². The first-order valence-corrected chi connectivity index (χ1v) is 8.18. The molecule has 0 unspecified atom stereocenters. The second-order valence-electron chi connectivity index (χ2n) is 5.17. The van der Waals surface area contributed by atoms with E-state index in [1.54, 1.807) is 18.2 Å². The summed E-state index contributed by atoms with van der Waals surface area (Å²) in [5.41, 5.74) is 5.50. The lowest BCUT2D eigenvalue weighted by atomic mass is 9.99. The predicted octanol–water partition coefficient (Wildman–Crippen LogP) is 3.77. The van der Waals surface area contributed by atoms with E-state index < -0.39 is 0 Å². The van der Waals surface area contributed by atoms with Crippen molar-refractivity contribution in [2.75, 3.05) is 18.1 Å². The van der Waals surface area contributed by atoms with Crippen LogP contribution in [0.1, 0.15) is 11.1 Å². The molecule has 0 aromatic heterocycles. The number of hydrogen-bond acceptors (Lipinski definition) is 4. The van der Waals surface area contributed by atoms with Crippen LogP contribution < -0.4 is 10.3 Å². The van der Waals surface area contributed by atoms with Crippen molar-refractivity contribution < 1.29 is 4.39 Å². The van der Waals surface area contributed by atoms with Gasteiger partial charge in [0.1, 0.15) is 12.5 Å². The summed E-state index contributed by atoms with van der Waals surface area (Å²) in [4.78, 5) is 6.60. The fourth-order valence-electron chi connectivity index (χ4n) is 2.79. The molecule has 4 rings (SSSR count). The van der Waals surface area contributed by atoms with Gasteiger partial charge in [-0.15, -0.1) is 0 Å². The summed E-state index contributed by atoms with van der Waals surface area (Å²) in [6.07, 6.45) is 0. The monoisotopic (exact) mass is 392 g/mol. The van der Waals surface area contributed by atoms with Crippen LogP contribution in [0.25, 0.3) is 0 Å². The third kappa shape index (κ3) is 2.33. The summed E-state index contributed by atoms with van der Waals surface area (Å²) < 4.78 is 15.1. The second kappa shape index (κ2) is 5.62. The van der Waals surface area contributed by atoms with E-state index >= 15 is 0 Å². The Hall–Kier alpha value is -1.92. The molecule has 2 aromatic carbocycles. The van der Waals surface area contributed by atoms with Crippen LogP contribution in [0.3, 0.4) is 0 Å². The van der Waals surface area contributed by atoms with Gasteiger partial charge in [-0.05, 0) is 40.2 Å². The zero-order chi connectivity index (χ0) is 16.0. The maximum atomic E-state index is 14.3.